The topological polar surface area (TPSA) is 63.3 Å². The van der Waals surface area contributed by atoms with Crippen molar-refractivity contribution in [2.75, 3.05) is 6.54 Å². The molecule has 0 amide bonds. The molecule has 12 heavy (non-hydrogen) atoms. The summed E-state index contributed by atoms with van der Waals surface area (Å²) in [4.78, 5) is 10.6. The van der Waals surface area contributed by atoms with Gasteiger partial charge in [0.15, 0.2) is 0 Å². The monoisotopic (exact) mass is 169 g/mol. The number of carbonyl (C=O) groups is 1. The molecule has 0 aromatic heterocycles. The molecule has 0 aromatic carbocycles. The highest BCUT2D eigenvalue weighted by molar-refractivity contribution is 5.67. The van der Waals surface area contributed by atoms with E-state index in [1.807, 2.05) is 0 Å². The molecule has 3 heteroatoms. The molecule has 0 spiro atoms. The Bertz CT molecular complexity index is 205. The van der Waals surface area contributed by atoms with Crippen LogP contribution in [-0.4, -0.2) is 17.6 Å². The van der Waals surface area contributed by atoms with E-state index in [1.165, 1.54) is 6.42 Å². The maximum absolute atomic E-state index is 10.6. The standard InChI is InChI=1S/C9H15NO2/c10-5-9(4-8(11)12)2-6-1-7(6)3-9/h6-7H,1-5,10H2,(H,11,12)/t6-,7?,9?/m1/s1. The van der Waals surface area contributed by atoms with Crippen LogP contribution in [0, 0.1) is 17.3 Å². The number of carboxylic acid groups (broad SMARTS) is 1. The second-order valence-corrected chi connectivity index (χ2v) is 4.44. The van der Waals surface area contributed by atoms with E-state index >= 15 is 0 Å². The van der Waals surface area contributed by atoms with Gasteiger partial charge in [0.1, 0.15) is 0 Å². The molecule has 0 heterocycles. The number of aliphatic carboxylic acids is 1. The molecule has 2 aliphatic carbocycles. The highest BCUT2D eigenvalue weighted by Crippen LogP contribution is 2.60. The Balaban J connectivity index is 2.00. The molecule has 2 aliphatic rings. The minimum Gasteiger partial charge on any atom is -0.481 e. The maximum Gasteiger partial charge on any atom is 0.303 e. The Morgan fingerprint density at radius 3 is 2.50 bits per heavy atom. The highest BCUT2D eigenvalue weighted by Gasteiger charge is 2.53. The Morgan fingerprint density at radius 2 is 2.08 bits per heavy atom. The molecular weight excluding hydrogens is 154 g/mol. The van der Waals surface area contributed by atoms with Crippen LogP contribution in [0.25, 0.3) is 0 Å². The van der Waals surface area contributed by atoms with Crippen LogP contribution in [0.3, 0.4) is 0 Å². The van der Waals surface area contributed by atoms with Crippen LogP contribution >= 0.6 is 0 Å². The lowest BCUT2D eigenvalue weighted by molar-refractivity contribution is -0.139. The summed E-state index contributed by atoms with van der Waals surface area (Å²) in [6, 6.07) is 0. The van der Waals surface area contributed by atoms with Crippen molar-refractivity contribution in [3.05, 3.63) is 0 Å². The number of carboxylic acids is 1. The van der Waals surface area contributed by atoms with Crippen LogP contribution in [0.5, 0.6) is 0 Å². The van der Waals surface area contributed by atoms with Crippen LogP contribution in [0.2, 0.25) is 0 Å². The van der Waals surface area contributed by atoms with E-state index in [-0.39, 0.29) is 11.8 Å². The summed E-state index contributed by atoms with van der Waals surface area (Å²) in [6.07, 6.45) is 3.71. The zero-order chi connectivity index (χ0) is 8.77. The number of hydrogen-bond acceptors (Lipinski definition) is 2. The fourth-order valence-corrected chi connectivity index (χ4v) is 2.71. The van der Waals surface area contributed by atoms with Gasteiger partial charge in [-0.2, -0.15) is 0 Å². The maximum atomic E-state index is 10.6. The molecule has 3 N–H and O–H groups in total. The van der Waals surface area contributed by atoms with Gasteiger partial charge in [-0.25, -0.2) is 0 Å². The molecule has 0 bridgehead atoms. The first-order valence-corrected chi connectivity index (χ1v) is 4.57. The third kappa shape index (κ3) is 1.22. The number of fused-ring (bicyclic) bond motifs is 1. The Morgan fingerprint density at radius 1 is 1.50 bits per heavy atom. The van der Waals surface area contributed by atoms with Gasteiger partial charge >= 0.3 is 5.97 Å². The first-order valence-electron chi connectivity index (χ1n) is 4.57. The summed E-state index contributed by atoms with van der Waals surface area (Å²) < 4.78 is 0. The number of nitrogens with two attached hydrogens (primary N) is 1. The van der Waals surface area contributed by atoms with Crippen LogP contribution < -0.4 is 5.73 Å². The van der Waals surface area contributed by atoms with Gasteiger partial charge in [0, 0.05) is 0 Å². The van der Waals surface area contributed by atoms with Gasteiger partial charge in [0.05, 0.1) is 6.42 Å². The molecule has 3 atom stereocenters. The molecule has 2 saturated carbocycles. The van der Waals surface area contributed by atoms with Crippen LogP contribution in [0.1, 0.15) is 25.7 Å². The van der Waals surface area contributed by atoms with Crippen molar-refractivity contribution in [3.8, 4) is 0 Å². The molecule has 0 aliphatic heterocycles. The summed E-state index contributed by atoms with van der Waals surface area (Å²) in [5, 5.41) is 8.72. The average Bonchev–Trinajstić information content (AvgIpc) is 2.59. The van der Waals surface area contributed by atoms with Crippen molar-refractivity contribution in [2.24, 2.45) is 23.0 Å². The van der Waals surface area contributed by atoms with Crippen molar-refractivity contribution in [1.29, 1.82) is 0 Å². The fourth-order valence-electron chi connectivity index (χ4n) is 2.71. The van der Waals surface area contributed by atoms with Gasteiger partial charge in [-0.15, -0.1) is 0 Å². The van der Waals surface area contributed by atoms with Gasteiger partial charge < -0.3 is 10.8 Å². The molecule has 3 nitrogen and oxygen atoms in total. The van der Waals surface area contributed by atoms with E-state index in [9.17, 15) is 4.79 Å². The average molecular weight is 169 g/mol. The minimum atomic E-state index is -0.693. The van der Waals surface area contributed by atoms with Crippen molar-refractivity contribution in [3.63, 3.8) is 0 Å². The smallest absolute Gasteiger partial charge is 0.303 e. The molecule has 0 aromatic rings. The largest absolute Gasteiger partial charge is 0.481 e. The zero-order valence-corrected chi connectivity index (χ0v) is 7.12. The summed E-state index contributed by atoms with van der Waals surface area (Å²) in [7, 11) is 0. The normalized spacial score (nSPS) is 44.1. The van der Waals surface area contributed by atoms with Crippen molar-refractivity contribution in [1.82, 2.24) is 0 Å². The van der Waals surface area contributed by atoms with E-state index in [1.54, 1.807) is 0 Å². The Labute approximate surface area is 71.9 Å². The lowest BCUT2D eigenvalue weighted by Gasteiger charge is -2.26. The third-order valence-corrected chi connectivity index (χ3v) is 3.42. The fraction of sp³-hybridized carbons (Fsp3) is 0.889. The SMILES string of the molecule is NCC1(CC(=O)O)CC2C[C@@H]2C1. The molecule has 0 radical (unpaired) electrons. The molecule has 2 fully saturated rings. The van der Waals surface area contributed by atoms with Gasteiger partial charge in [0.2, 0.25) is 0 Å². The minimum absolute atomic E-state index is 0.0422. The summed E-state index contributed by atoms with van der Waals surface area (Å²) in [6.45, 7) is 0.548. The predicted molar refractivity (Wildman–Crippen MR) is 44.6 cm³/mol. The van der Waals surface area contributed by atoms with Crippen LogP contribution in [-0.2, 0) is 4.79 Å². The molecule has 2 rings (SSSR count). The Hall–Kier alpha value is -0.570. The number of hydrogen-bond donors (Lipinski definition) is 2. The lowest BCUT2D eigenvalue weighted by Crippen LogP contribution is -2.31. The van der Waals surface area contributed by atoms with Gasteiger partial charge in [-0.1, -0.05) is 0 Å². The summed E-state index contributed by atoms with van der Waals surface area (Å²) in [5.74, 6) is 0.933. The van der Waals surface area contributed by atoms with Crippen LogP contribution in [0.15, 0.2) is 0 Å². The lowest BCUT2D eigenvalue weighted by atomic mass is 9.80. The molecule has 2 unspecified atom stereocenters. The van der Waals surface area contributed by atoms with Crippen molar-refractivity contribution < 1.29 is 9.90 Å². The van der Waals surface area contributed by atoms with E-state index in [0.717, 1.165) is 24.7 Å². The second kappa shape index (κ2) is 2.46. The summed E-state index contributed by atoms with van der Waals surface area (Å²) in [5.41, 5.74) is 5.59. The van der Waals surface area contributed by atoms with E-state index in [2.05, 4.69) is 0 Å². The van der Waals surface area contributed by atoms with Crippen molar-refractivity contribution in [2.45, 2.75) is 25.7 Å². The van der Waals surface area contributed by atoms with Crippen molar-refractivity contribution >= 4 is 5.97 Å². The van der Waals surface area contributed by atoms with Gasteiger partial charge in [-0.05, 0) is 43.1 Å². The Kier molecular flexibility index (Phi) is 1.65. The third-order valence-electron chi connectivity index (χ3n) is 3.42. The predicted octanol–water partition coefficient (Wildman–Crippen LogP) is 0.836. The molecule has 0 saturated heterocycles. The first-order chi connectivity index (χ1) is 5.65. The number of rotatable bonds is 3. The quantitative estimate of drug-likeness (QED) is 0.658. The zero-order valence-electron chi connectivity index (χ0n) is 7.12. The highest BCUT2D eigenvalue weighted by atomic mass is 16.4. The van der Waals surface area contributed by atoms with Gasteiger partial charge in [0.25, 0.3) is 0 Å². The second-order valence-electron chi connectivity index (χ2n) is 4.44. The van der Waals surface area contributed by atoms with E-state index < -0.39 is 5.97 Å². The van der Waals surface area contributed by atoms with Gasteiger partial charge in [-0.3, -0.25) is 4.79 Å². The van der Waals surface area contributed by atoms with E-state index in [0.29, 0.717) is 6.54 Å². The van der Waals surface area contributed by atoms with E-state index in [4.69, 9.17) is 10.8 Å². The van der Waals surface area contributed by atoms with Crippen LogP contribution in [0.4, 0.5) is 0 Å². The first kappa shape index (κ1) is 8.05. The summed E-state index contributed by atoms with van der Waals surface area (Å²) >= 11 is 0. The molecular formula is C9H15NO2. The molecule has 68 valence electrons.